The number of nitrogens with zero attached hydrogens (tertiary/aromatic N) is 1. The smallest absolute Gasteiger partial charge is 0.253 e. The first-order valence-corrected chi connectivity index (χ1v) is 4.42. The average Bonchev–Trinajstić information content (AvgIpc) is 2.26. The first-order chi connectivity index (χ1) is 7.13. The molecule has 0 radical (unpaired) electrons. The number of nitrogens with two attached hydrogens (primary N) is 1. The third-order valence-electron chi connectivity index (χ3n) is 1.80. The number of benzene rings is 1. The lowest BCUT2D eigenvalue weighted by molar-refractivity contribution is -0.119. The number of hydrogen-bond donors (Lipinski definition) is 2. The number of halogens is 1. The molecule has 0 aliphatic heterocycles. The Kier molecular flexibility index (Phi) is 3.93. The van der Waals surface area contributed by atoms with Crippen molar-refractivity contribution in [1.29, 1.82) is 0 Å². The second-order valence-electron chi connectivity index (χ2n) is 2.94. The van der Waals surface area contributed by atoms with Crippen LogP contribution < -0.4 is 11.2 Å². The standard InChI is InChI=1S/C10H12FN3O/c1-7(13-14-10(15)6-12)8-2-4-9(11)5-3-8/h2-5H,6,12H2,1H3,(H,14,15). The van der Waals surface area contributed by atoms with Gasteiger partial charge in [0.1, 0.15) is 5.82 Å². The quantitative estimate of drug-likeness (QED) is 0.566. The molecule has 0 bridgehead atoms. The Balaban J connectivity index is 2.71. The van der Waals surface area contributed by atoms with Crippen molar-refractivity contribution < 1.29 is 9.18 Å². The fourth-order valence-electron chi connectivity index (χ4n) is 0.947. The molecule has 80 valence electrons. The first-order valence-electron chi connectivity index (χ1n) is 4.42. The topological polar surface area (TPSA) is 67.5 Å². The van der Waals surface area contributed by atoms with E-state index in [9.17, 15) is 9.18 Å². The van der Waals surface area contributed by atoms with Crippen LogP contribution in [0.1, 0.15) is 12.5 Å². The molecule has 0 aliphatic rings. The van der Waals surface area contributed by atoms with Gasteiger partial charge in [-0.1, -0.05) is 12.1 Å². The summed E-state index contributed by atoms with van der Waals surface area (Å²) in [5.74, 6) is -0.672. The van der Waals surface area contributed by atoms with Gasteiger partial charge in [-0.2, -0.15) is 5.10 Å². The van der Waals surface area contributed by atoms with E-state index >= 15 is 0 Å². The van der Waals surface area contributed by atoms with E-state index in [0.717, 1.165) is 5.56 Å². The monoisotopic (exact) mass is 209 g/mol. The van der Waals surface area contributed by atoms with Crippen molar-refractivity contribution >= 4 is 11.6 Å². The summed E-state index contributed by atoms with van der Waals surface area (Å²) >= 11 is 0. The highest BCUT2D eigenvalue weighted by Crippen LogP contribution is 2.03. The molecule has 4 nitrogen and oxygen atoms in total. The maximum absolute atomic E-state index is 12.6. The van der Waals surface area contributed by atoms with Crippen molar-refractivity contribution in [1.82, 2.24) is 5.43 Å². The van der Waals surface area contributed by atoms with E-state index in [0.29, 0.717) is 5.71 Å². The second kappa shape index (κ2) is 5.21. The van der Waals surface area contributed by atoms with Gasteiger partial charge in [-0.3, -0.25) is 4.79 Å². The predicted octanol–water partition coefficient (Wildman–Crippen LogP) is 0.625. The SMILES string of the molecule is CC(=NNC(=O)CN)c1ccc(F)cc1. The Hall–Kier alpha value is -1.75. The largest absolute Gasteiger partial charge is 0.322 e. The molecule has 5 heteroatoms. The maximum atomic E-state index is 12.6. The summed E-state index contributed by atoms with van der Waals surface area (Å²) in [6.45, 7) is 1.60. The van der Waals surface area contributed by atoms with Crippen molar-refractivity contribution in [3.8, 4) is 0 Å². The summed E-state index contributed by atoms with van der Waals surface area (Å²) in [4.78, 5) is 10.8. The third kappa shape index (κ3) is 3.47. The second-order valence-corrected chi connectivity index (χ2v) is 2.94. The Morgan fingerprint density at radius 3 is 2.60 bits per heavy atom. The van der Waals surface area contributed by atoms with Gasteiger partial charge in [0.15, 0.2) is 0 Å². The minimum absolute atomic E-state index is 0.111. The zero-order chi connectivity index (χ0) is 11.3. The molecule has 0 fully saturated rings. The Morgan fingerprint density at radius 1 is 1.47 bits per heavy atom. The molecule has 1 rings (SSSR count). The van der Waals surface area contributed by atoms with Gasteiger partial charge >= 0.3 is 0 Å². The molecule has 0 spiro atoms. The maximum Gasteiger partial charge on any atom is 0.253 e. The summed E-state index contributed by atoms with van der Waals surface area (Å²) in [5, 5.41) is 3.81. The molecular weight excluding hydrogens is 197 g/mol. The molecule has 1 aromatic carbocycles. The number of carbonyl (C=O) groups excluding carboxylic acids is 1. The fraction of sp³-hybridized carbons (Fsp3) is 0.200. The molecule has 0 aliphatic carbocycles. The minimum Gasteiger partial charge on any atom is -0.322 e. The van der Waals surface area contributed by atoms with E-state index in [-0.39, 0.29) is 18.3 Å². The predicted molar refractivity (Wildman–Crippen MR) is 55.8 cm³/mol. The summed E-state index contributed by atoms with van der Waals surface area (Å²) in [5.41, 5.74) is 8.70. The number of nitrogens with one attached hydrogen (secondary N) is 1. The fourth-order valence-corrected chi connectivity index (χ4v) is 0.947. The lowest BCUT2D eigenvalue weighted by atomic mass is 10.1. The molecule has 0 heterocycles. The van der Waals surface area contributed by atoms with Gasteiger partial charge in [-0.25, -0.2) is 9.82 Å². The van der Waals surface area contributed by atoms with E-state index < -0.39 is 0 Å². The molecule has 3 N–H and O–H groups in total. The minimum atomic E-state index is -0.364. The molecule has 0 aromatic heterocycles. The number of carbonyl (C=O) groups is 1. The van der Waals surface area contributed by atoms with E-state index in [1.807, 2.05) is 0 Å². The molecule has 1 aromatic rings. The van der Waals surface area contributed by atoms with Gasteiger partial charge in [0, 0.05) is 0 Å². The van der Waals surface area contributed by atoms with Crippen molar-refractivity contribution in [2.24, 2.45) is 10.8 Å². The lowest BCUT2D eigenvalue weighted by Gasteiger charge is -2.01. The van der Waals surface area contributed by atoms with Crippen LogP contribution in [-0.4, -0.2) is 18.2 Å². The summed E-state index contributed by atoms with van der Waals surface area (Å²) < 4.78 is 12.6. The van der Waals surface area contributed by atoms with Crippen LogP contribution in [0.4, 0.5) is 4.39 Å². The van der Waals surface area contributed by atoms with Crippen LogP contribution in [0.3, 0.4) is 0 Å². The summed E-state index contributed by atoms with van der Waals surface area (Å²) in [7, 11) is 0. The number of amides is 1. The molecule has 0 atom stereocenters. The van der Waals surface area contributed by atoms with Gasteiger partial charge in [0.2, 0.25) is 0 Å². The Bertz CT molecular complexity index is 373. The van der Waals surface area contributed by atoms with Crippen LogP contribution in [0.15, 0.2) is 29.4 Å². The number of hydrazone groups is 1. The van der Waals surface area contributed by atoms with Crippen LogP contribution in [0.2, 0.25) is 0 Å². The van der Waals surface area contributed by atoms with Crippen LogP contribution in [0, 0.1) is 5.82 Å². The average molecular weight is 209 g/mol. The highest BCUT2D eigenvalue weighted by Gasteiger charge is 1.99. The zero-order valence-electron chi connectivity index (χ0n) is 8.33. The van der Waals surface area contributed by atoms with E-state index in [4.69, 9.17) is 5.73 Å². The molecule has 0 saturated heterocycles. The van der Waals surface area contributed by atoms with Crippen LogP contribution >= 0.6 is 0 Å². The molecular formula is C10H12FN3O. The third-order valence-corrected chi connectivity index (χ3v) is 1.80. The van der Waals surface area contributed by atoms with Crippen molar-refractivity contribution in [3.63, 3.8) is 0 Å². The van der Waals surface area contributed by atoms with E-state index in [1.54, 1.807) is 19.1 Å². The highest BCUT2D eigenvalue weighted by molar-refractivity contribution is 5.99. The highest BCUT2D eigenvalue weighted by atomic mass is 19.1. The van der Waals surface area contributed by atoms with Crippen LogP contribution in [0.5, 0.6) is 0 Å². The van der Waals surface area contributed by atoms with Crippen molar-refractivity contribution in [2.45, 2.75) is 6.92 Å². The first kappa shape index (κ1) is 11.3. The van der Waals surface area contributed by atoms with Gasteiger partial charge in [-0.15, -0.1) is 0 Å². The Labute approximate surface area is 87.0 Å². The van der Waals surface area contributed by atoms with E-state index in [2.05, 4.69) is 10.5 Å². The van der Waals surface area contributed by atoms with Crippen molar-refractivity contribution in [3.05, 3.63) is 35.6 Å². The van der Waals surface area contributed by atoms with Gasteiger partial charge in [-0.05, 0) is 24.6 Å². The Morgan fingerprint density at radius 2 is 2.07 bits per heavy atom. The molecule has 1 amide bonds. The van der Waals surface area contributed by atoms with Crippen LogP contribution in [0.25, 0.3) is 0 Å². The van der Waals surface area contributed by atoms with Crippen molar-refractivity contribution in [2.75, 3.05) is 6.54 Å². The van der Waals surface area contributed by atoms with Crippen LogP contribution in [-0.2, 0) is 4.79 Å². The lowest BCUT2D eigenvalue weighted by Crippen LogP contribution is -2.27. The normalized spacial score (nSPS) is 11.3. The molecule has 0 saturated carbocycles. The van der Waals surface area contributed by atoms with E-state index in [1.165, 1.54) is 12.1 Å². The number of hydrogen-bond acceptors (Lipinski definition) is 3. The number of rotatable bonds is 3. The van der Waals surface area contributed by atoms with Gasteiger partial charge in [0.05, 0.1) is 12.3 Å². The van der Waals surface area contributed by atoms with Gasteiger partial charge < -0.3 is 5.73 Å². The molecule has 15 heavy (non-hydrogen) atoms. The summed E-state index contributed by atoms with van der Waals surface area (Å²) in [6, 6.07) is 5.84. The zero-order valence-corrected chi connectivity index (χ0v) is 8.33. The van der Waals surface area contributed by atoms with Gasteiger partial charge in [0.25, 0.3) is 5.91 Å². The molecule has 0 unspecified atom stereocenters. The summed E-state index contributed by atoms with van der Waals surface area (Å²) in [6.07, 6.45) is 0.